The highest BCUT2D eigenvalue weighted by Crippen LogP contribution is 2.39. The molecule has 29 heavy (non-hydrogen) atoms. The van der Waals surface area contributed by atoms with E-state index in [0.29, 0.717) is 27.5 Å². The Balaban J connectivity index is 1.89. The topological polar surface area (TPSA) is 74.7 Å². The minimum Gasteiger partial charge on any atom is -0.507 e. The van der Waals surface area contributed by atoms with Gasteiger partial charge in [-0.1, -0.05) is 11.6 Å². The standard InChI is InChI=1S/C23H25ClN4O/c1-13-8-19-16(10-21(13)28-6-4-5-7-28)18(24)11-20(27-19)17-9-15(12-26-3)22(25)14(2)23(17)29/h8-12,29H,4-7,25H2,1-3H3. The summed E-state index contributed by atoms with van der Waals surface area (Å²) >= 11 is 6.68. The third-order valence-corrected chi connectivity index (χ3v) is 6.00. The third-order valence-electron chi connectivity index (χ3n) is 5.69. The van der Waals surface area contributed by atoms with Crippen LogP contribution in [0.5, 0.6) is 5.75 Å². The minimum absolute atomic E-state index is 0.115. The average molecular weight is 409 g/mol. The van der Waals surface area contributed by atoms with Gasteiger partial charge in [-0.25, -0.2) is 4.98 Å². The monoisotopic (exact) mass is 408 g/mol. The molecular formula is C23H25ClN4O. The smallest absolute Gasteiger partial charge is 0.129 e. The van der Waals surface area contributed by atoms with Crippen molar-refractivity contribution < 1.29 is 5.11 Å². The predicted octanol–water partition coefficient (Wildman–Crippen LogP) is 5.11. The maximum atomic E-state index is 10.7. The molecule has 2 aromatic carbocycles. The van der Waals surface area contributed by atoms with Crippen molar-refractivity contribution >= 4 is 40.1 Å². The Morgan fingerprint density at radius 1 is 1.17 bits per heavy atom. The summed E-state index contributed by atoms with van der Waals surface area (Å²) in [4.78, 5) is 11.3. The number of phenolic OH excluding ortho intramolecular Hbond substituents is 1. The predicted molar refractivity (Wildman–Crippen MR) is 123 cm³/mol. The zero-order valence-corrected chi connectivity index (χ0v) is 17.7. The van der Waals surface area contributed by atoms with E-state index in [-0.39, 0.29) is 5.75 Å². The fourth-order valence-electron chi connectivity index (χ4n) is 4.05. The summed E-state index contributed by atoms with van der Waals surface area (Å²) in [5.41, 5.74) is 12.4. The second kappa shape index (κ2) is 7.56. The summed E-state index contributed by atoms with van der Waals surface area (Å²) < 4.78 is 0. The number of aryl methyl sites for hydroxylation is 1. The molecule has 1 saturated heterocycles. The number of hydrogen-bond acceptors (Lipinski definition) is 5. The Labute approximate surface area is 175 Å². The van der Waals surface area contributed by atoms with Crippen molar-refractivity contribution in [1.82, 2.24) is 4.98 Å². The fourth-order valence-corrected chi connectivity index (χ4v) is 4.31. The molecule has 1 aliphatic rings. The van der Waals surface area contributed by atoms with E-state index in [9.17, 15) is 5.11 Å². The number of phenols is 1. The number of aromatic hydroxyl groups is 1. The average Bonchev–Trinajstić information content (AvgIpc) is 3.22. The fraction of sp³-hybridized carbons (Fsp3) is 0.304. The van der Waals surface area contributed by atoms with Crippen molar-refractivity contribution in [2.24, 2.45) is 4.99 Å². The van der Waals surface area contributed by atoms with Crippen LogP contribution in [0.4, 0.5) is 11.4 Å². The molecule has 150 valence electrons. The van der Waals surface area contributed by atoms with Crippen LogP contribution in [0.15, 0.2) is 29.3 Å². The van der Waals surface area contributed by atoms with Crippen molar-refractivity contribution in [3.8, 4) is 17.0 Å². The van der Waals surface area contributed by atoms with E-state index in [4.69, 9.17) is 22.3 Å². The molecular weight excluding hydrogens is 384 g/mol. The second-order valence-electron chi connectivity index (χ2n) is 7.63. The molecule has 0 radical (unpaired) electrons. The molecule has 0 aliphatic carbocycles. The molecule has 0 spiro atoms. The Bertz CT molecular complexity index is 1130. The lowest BCUT2D eigenvalue weighted by Crippen LogP contribution is -2.18. The molecule has 4 rings (SSSR count). The highest BCUT2D eigenvalue weighted by molar-refractivity contribution is 6.35. The Kier molecular flexibility index (Phi) is 5.09. The third kappa shape index (κ3) is 3.40. The van der Waals surface area contributed by atoms with Crippen LogP contribution < -0.4 is 10.6 Å². The lowest BCUT2D eigenvalue weighted by Gasteiger charge is -2.21. The molecule has 6 heteroatoms. The number of fused-ring (bicyclic) bond motifs is 1. The first-order valence-corrected chi connectivity index (χ1v) is 10.2. The number of anilines is 2. The van der Waals surface area contributed by atoms with Crippen LogP contribution in [-0.4, -0.2) is 36.4 Å². The Morgan fingerprint density at radius 3 is 2.59 bits per heavy atom. The first-order valence-electron chi connectivity index (χ1n) is 9.81. The zero-order chi connectivity index (χ0) is 20.7. The molecule has 0 amide bonds. The van der Waals surface area contributed by atoms with Crippen LogP contribution in [0.1, 0.15) is 29.5 Å². The van der Waals surface area contributed by atoms with Crippen molar-refractivity contribution in [3.63, 3.8) is 0 Å². The lowest BCUT2D eigenvalue weighted by molar-refractivity contribution is 0.473. The highest BCUT2D eigenvalue weighted by atomic mass is 35.5. The van der Waals surface area contributed by atoms with Crippen molar-refractivity contribution in [2.45, 2.75) is 26.7 Å². The number of hydrogen-bond donors (Lipinski definition) is 2. The van der Waals surface area contributed by atoms with Gasteiger partial charge in [-0.3, -0.25) is 4.99 Å². The van der Waals surface area contributed by atoms with E-state index in [1.54, 1.807) is 26.3 Å². The van der Waals surface area contributed by atoms with Crippen molar-refractivity contribution in [2.75, 3.05) is 30.8 Å². The van der Waals surface area contributed by atoms with Gasteiger partial charge in [-0.2, -0.15) is 0 Å². The summed E-state index contributed by atoms with van der Waals surface area (Å²) in [6, 6.07) is 7.83. The molecule has 1 fully saturated rings. The van der Waals surface area contributed by atoms with Gasteiger partial charge in [0.05, 0.1) is 16.2 Å². The normalized spacial score (nSPS) is 14.4. The van der Waals surface area contributed by atoms with Gasteiger partial charge in [0.25, 0.3) is 0 Å². The molecule has 2 heterocycles. The maximum absolute atomic E-state index is 10.7. The quantitative estimate of drug-likeness (QED) is 0.466. The summed E-state index contributed by atoms with van der Waals surface area (Å²) in [7, 11) is 1.69. The molecule has 5 nitrogen and oxygen atoms in total. The van der Waals surface area contributed by atoms with Crippen molar-refractivity contribution in [1.29, 1.82) is 0 Å². The van der Waals surface area contributed by atoms with E-state index < -0.39 is 0 Å². The zero-order valence-electron chi connectivity index (χ0n) is 17.0. The number of nitrogen functional groups attached to an aromatic ring is 1. The summed E-state index contributed by atoms with van der Waals surface area (Å²) in [6.07, 6.45) is 4.13. The van der Waals surface area contributed by atoms with Crippen molar-refractivity contribution in [3.05, 3.63) is 46.0 Å². The molecule has 0 bridgehead atoms. The first-order chi connectivity index (χ1) is 13.9. The van der Waals surface area contributed by atoms with Gasteiger partial charge in [0.2, 0.25) is 0 Å². The Hall–Kier alpha value is -2.79. The largest absolute Gasteiger partial charge is 0.507 e. The van der Waals surface area contributed by atoms with Gasteiger partial charge in [0, 0.05) is 59.8 Å². The highest BCUT2D eigenvalue weighted by Gasteiger charge is 2.19. The van der Waals surface area contributed by atoms with Crippen LogP contribution in [0.25, 0.3) is 22.2 Å². The molecule has 0 unspecified atom stereocenters. The van der Waals surface area contributed by atoms with Gasteiger partial charge >= 0.3 is 0 Å². The van der Waals surface area contributed by atoms with E-state index in [0.717, 1.165) is 29.6 Å². The minimum atomic E-state index is 0.115. The molecule has 3 aromatic rings. The molecule has 1 aromatic heterocycles. The SMILES string of the molecule is CN=Cc1cc(-c2cc(Cl)c3cc(N4CCCC4)c(C)cc3n2)c(O)c(C)c1N. The maximum Gasteiger partial charge on any atom is 0.129 e. The van der Waals surface area contributed by atoms with Gasteiger partial charge in [-0.15, -0.1) is 0 Å². The Morgan fingerprint density at radius 2 is 1.90 bits per heavy atom. The number of benzene rings is 2. The molecule has 1 aliphatic heterocycles. The van der Waals surface area contributed by atoms with Gasteiger partial charge in [0.1, 0.15) is 5.75 Å². The van der Waals surface area contributed by atoms with E-state index in [2.05, 4.69) is 28.9 Å². The molecule has 3 N–H and O–H groups in total. The van der Waals surface area contributed by atoms with Gasteiger partial charge < -0.3 is 15.7 Å². The summed E-state index contributed by atoms with van der Waals surface area (Å²) in [5, 5.41) is 12.3. The van der Waals surface area contributed by atoms with E-state index in [1.807, 2.05) is 6.07 Å². The summed E-state index contributed by atoms with van der Waals surface area (Å²) in [5.74, 6) is 0.115. The number of nitrogens with zero attached hydrogens (tertiary/aromatic N) is 3. The summed E-state index contributed by atoms with van der Waals surface area (Å²) in [6.45, 7) is 6.05. The van der Waals surface area contributed by atoms with Crippen LogP contribution in [0.3, 0.4) is 0 Å². The number of aliphatic imine (C=N–C) groups is 1. The lowest BCUT2D eigenvalue weighted by atomic mass is 9.99. The van der Waals surface area contributed by atoms with Gasteiger partial charge in [0.15, 0.2) is 0 Å². The second-order valence-corrected chi connectivity index (χ2v) is 8.03. The van der Waals surface area contributed by atoms with Crippen LogP contribution >= 0.6 is 11.6 Å². The van der Waals surface area contributed by atoms with Crippen LogP contribution in [0.2, 0.25) is 5.02 Å². The van der Waals surface area contributed by atoms with Gasteiger partial charge in [-0.05, 0) is 56.5 Å². The molecule has 0 atom stereocenters. The van der Waals surface area contributed by atoms with Crippen LogP contribution in [-0.2, 0) is 0 Å². The number of aromatic nitrogens is 1. The molecule has 0 saturated carbocycles. The van der Waals surface area contributed by atoms with E-state index in [1.165, 1.54) is 24.1 Å². The van der Waals surface area contributed by atoms with E-state index >= 15 is 0 Å². The number of nitrogens with two attached hydrogens (primary N) is 1. The number of rotatable bonds is 3. The van der Waals surface area contributed by atoms with Crippen LogP contribution in [0, 0.1) is 13.8 Å². The number of pyridine rings is 1. The number of halogens is 1. The first kappa shape index (κ1) is 19.5.